The predicted octanol–water partition coefficient (Wildman–Crippen LogP) is 3.38. The van der Waals surface area contributed by atoms with Crippen LogP contribution in [-0.4, -0.2) is 60.1 Å². The maximum Gasteiger partial charge on any atom is 0.322 e. The highest BCUT2D eigenvalue weighted by atomic mass is 19.1. The molecule has 1 aromatic rings. The zero-order valence-electron chi connectivity index (χ0n) is 16.4. The third-order valence-corrected chi connectivity index (χ3v) is 6.11. The summed E-state index contributed by atoms with van der Waals surface area (Å²) in [5, 5.41) is 2.35. The number of carbonyl (C=O) groups is 2. The van der Waals surface area contributed by atoms with Gasteiger partial charge >= 0.3 is 6.03 Å². The number of hydrogen-bond acceptors (Lipinski definition) is 3. The lowest BCUT2D eigenvalue weighted by atomic mass is 9.97. The Morgan fingerprint density at radius 3 is 2.14 bits per heavy atom. The first kappa shape index (κ1) is 20.1. The van der Waals surface area contributed by atoms with Gasteiger partial charge in [-0.15, -0.1) is 0 Å². The Labute approximate surface area is 169 Å². The van der Waals surface area contributed by atoms with Gasteiger partial charge < -0.3 is 19.9 Å². The highest BCUT2D eigenvalue weighted by molar-refractivity contribution is 5.89. The summed E-state index contributed by atoms with van der Waals surface area (Å²) in [7, 11) is 0. The van der Waals surface area contributed by atoms with Crippen LogP contribution in [0, 0.1) is 17.6 Å². The number of anilines is 1. The molecular formula is C21H27F2N3O3. The van der Waals surface area contributed by atoms with E-state index in [9.17, 15) is 18.4 Å². The van der Waals surface area contributed by atoms with Crippen LogP contribution in [0.4, 0.5) is 19.3 Å². The van der Waals surface area contributed by atoms with Gasteiger partial charge in [0.2, 0.25) is 5.91 Å². The van der Waals surface area contributed by atoms with Crippen LogP contribution in [0.5, 0.6) is 0 Å². The molecule has 158 valence electrons. The third kappa shape index (κ3) is 4.52. The number of urea groups is 1. The van der Waals surface area contributed by atoms with Crippen LogP contribution in [0.15, 0.2) is 18.2 Å². The molecule has 0 spiro atoms. The van der Waals surface area contributed by atoms with Gasteiger partial charge in [0.1, 0.15) is 17.3 Å². The molecule has 1 N–H and O–H groups in total. The van der Waals surface area contributed by atoms with Gasteiger partial charge in [-0.2, -0.15) is 0 Å². The molecule has 1 aromatic carbocycles. The fourth-order valence-corrected chi connectivity index (χ4v) is 4.31. The summed E-state index contributed by atoms with van der Waals surface area (Å²) < 4.78 is 33.0. The maximum atomic E-state index is 13.8. The topological polar surface area (TPSA) is 61.9 Å². The first-order valence-electron chi connectivity index (χ1n) is 10.4. The van der Waals surface area contributed by atoms with E-state index in [2.05, 4.69) is 10.2 Å². The number of nitrogens with one attached hydrogen (secondary N) is 1. The minimum absolute atomic E-state index is 0.0976. The van der Waals surface area contributed by atoms with Crippen molar-refractivity contribution in [1.29, 1.82) is 0 Å². The highest BCUT2D eigenvalue weighted by Gasteiger charge is 2.41. The molecule has 2 saturated heterocycles. The molecule has 0 aromatic heterocycles. The fourth-order valence-electron chi connectivity index (χ4n) is 4.31. The Kier molecular flexibility index (Phi) is 5.99. The number of hydrogen-bond donors (Lipinski definition) is 1. The normalized spacial score (nSPS) is 21.1. The SMILES string of the molecule is O=C(Nc1c(F)cccc1F)N1CCC(N(C(=O)C2CC2)C2CCOCC2)CC1. The summed E-state index contributed by atoms with van der Waals surface area (Å²) in [6.07, 6.45) is 4.98. The first-order chi connectivity index (χ1) is 14.0. The van der Waals surface area contributed by atoms with E-state index in [0.29, 0.717) is 39.1 Å². The van der Waals surface area contributed by atoms with Crippen molar-refractivity contribution in [3.8, 4) is 0 Å². The van der Waals surface area contributed by atoms with Gasteiger partial charge in [-0.25, -0.2) is 13.6 Å². The summed E-state index contributed by atoms with van der Waals surface area (Å²) >= 11 is 0. The van der Waals surface area contributed by atoms with Crippen LogP contribution in [-0.2, 0) is 9.53 Å². The molecular weight excluding hydrogens is 380 g/mol. The van der Waals surface area contributed by atoms with Gasteiger partial charge in [0.25, 0.3) is 0 Å². The molecule has 3 aliphatic rings. The van der Waals surface area contributed by atoms with Crippen molar-refractivity contribution in [2.75, 3.05) is 31.6 Å². The van der Waals surface area contributed by atoms with Gasteiger partial charge in [0, 0.05) is 44.3 Å². The molecule has 4 rings (SSSR count). The molecule has 0 radical (unpaired) electrons. The number of benzene rings is 1. The summed E-state index contributed by atoms with van der Waals surface area (Å²) in [6.45, 7) is 2.25. The molecule has 3 fully saturated rings. The molecule has 29 heavy (non-hydrogen) atoms. The van der Waals surface area contributed by atoms with Crippen molar-refractivity contribution in [1.82, 2.24) is 9.80 Å². The van der Waals surface area contributed by atoms with Gasteiger partial charge in [0.15, 0.2) is 0 Å². The van der Waals surface area contributed by atoms with Gasteiger partial charge in [-0.3, -0.25) is 4.79 Å². The van der Waals surface area contributed by atoms with Crippen LogP contribution in [0.3, 0.4) is 0 Å². The van der Waals surface area contributed by atoms with E-state index in [1.165, 1.54) is 6.07 Å². The second-order valence-corrected chi connectivity index (χ2v) is 8.11. The smallest absolute Gasteiger partial charge is 0.322 e. The molecule has 0 atom stereocenters. The summed E-state index contributed by atoms with van der Waals surface area (Å²) in [5.41, 5.74) is -0.424. The van der Waals surface area contributed by atoms with E-state index >= 15 is 0 Å². The largest absolute Gasteiger partial charge is 0.381 e. The second-order valence-electron chi connectivity index (χ2n) is 8.11. The lowest BCUT2D eigenvalue weighted by molar-refractivity contribution is -0.141. The van der Waals surface area contributed by atoms with Crippen LogP contribution in [0.25, 0.3) is 0 Å². The maximum absolute atomic E-state index is 13.8. The van der Waals surface area contributed by atoms with E-state index in [4.69, 9.17) is 4.74 Å². The summed E-state index contributed by atoms with van der Waals surface area (Å²) in [6, 6.07) is 3.27. The van der Waals surface area contributed by atoms with Gasteiger partial charge in [-0.1, -0.05) is 6.07 Å². The Bertz CT molecular complexity index is 737. The monoisotopic (exact) mass is 407 g/mol. The molecule has 0 bridgehead atoms. The number of piperidine rings is 1. The summed E-state index contributed by atoms with van der Waals surface area (Å²) in [4.78, 5) is 29.1. The lowest BCUT2D eigenvalue weighted by Crippen LogP contribution is -2.54. The zero-order chi connectivity index (χ0) is 20.4. The first-order valence-corrected chi connectivity index (χ1v) is 10.4. The highest BCUT2D eigenvalue weighted by Crippen LogP contribution is 2.35. The molecule has 8 heteroatoms. The molecule has 1 saturated carbocycles. The van der Waals surface area contributed by atoms with E-state index in [-0.39, 0.29) is 23.9 Å². The molecule has 1 aliphatic carbocycles. The molecule has 0 unspecified atom stereocenters. The predicted molar refractivity (Wildman–Crippen MR) is 103 cm³/mol. The molecule has 3 amide bonds. The average Bonchev–Trinajstić information content (AvgIpc) is 3.58. The number of halogens is 2. The number of likely N-dealkylation sites (tertiary alicyclic amines) is 1. The Morgan fingerprint density at radius 1 is 0.966 bits per heavy atom. The fraction of sp³-hybridized carbons (Fsp3) is 0.619. The molecule has 6 nitrogen and oxygen atoms in total. The number of carbonyl (C=O) groups excluding carboxylic acids is 2. The second kappa shape index (κ2) is 8.65. The minimum atomic E-state index is -0.797. The van der Waals surface area contributed by atoms with E-state index in [0.717, 1.165) is 37.8 Å². The van der Waals surface area contributed by atoms with Gasteiger partial charge in [0.05, 0.1) is 0 Å². The van der Waals surface area contributed by atoms with Crippen LogP contribution in [0.1, 0.15) is 38.5 Å². The molecule has 2 aliphatic heterocycles. The number of nitrogens with zero attached hydrogens (tertiary/aromatic N) is 2. The van der Waals surface area contributed by atoms with Crippen molar-refractivity contribution in [3.05, 3.63) is 29.8 Å². The van der Waals surface area contributed by atoms with E-state index < -0.39 is 23.4 Å². The number of ether oxygens (including phenoxy) is 1. The van der Waals surface area contributed by atoms with E-state index in [1.807, 2.05) is 0 Å². The summed E-state index contributed by atoms with van der Waals surface area (Å²) in [5.74, 6) is -1.20. The Balaban J connectivity index is 1.38. The third-order valence-electron chi connectivity index (χ3n) is 6.11. The van der Waals surface area contributed by atoms with Crippen LogP contribution in [0.2, 0.25) is 0 Å². The standard InChI is InChI=1S/C21H27F2N3O3/c22-17-2-1-3-18(23)19(17)24-21(28)25-10-6-15(7-11-25)26(20(27)14-4-5-14)16-8-12-29-13-9-16/h1-3,14-16H,4-13H2,(H,24,28). The number of amides is 3. The number of para-hydroxylation sites is 1. The van der Waals surface area contributed by atoms with Crippen LogP contribution < -0.4 is 5.32 Å². The van der Waals surface area contributed by atoms with Crippen molar-refractivity contribution >= 4 is 17.6 Å². The van der Waals surface area contributed by atoms with Crippen LogP contribution >= 0.6 is 0 Å². The Hall–Kier alpha value is -2.22. The lowest BCUT2D eigenvalue weighted by Gasteiger charge is -2.43. The zero-order valence-corrected chi connectivity index (χ0v) is 16.4. The quantitative estimate of drug-likeness (QED) is 0.832. The minimum Gasteiger partial charge on any atom is -0.381 e. The average molecular weight is 407 g/mol. The van der Waals surface area contributed by atoms with Crippen molar-refractivity contribution in [2.45, 2.75) is 50.6 Å². The van der Waals surface area contributed by atoms with Crippen molar-refractivity contribution in [2.24, 2.45) is 5.92 Å². The van der Waals surface area contributed by atoms with Crippen molar-refractivity contribution in [3.63, 3.8) is 0 Å². The van der Waals surface area contributed by atoms with Crippen molar-refractivity contribution < 1.29 is 23.1 Å². The number of rotatable bonds is 4. The molecule has 2 heterocycles. The van der Waals surface area contributed by atoms with Gasteiger partial charge in [-0.05, 0) is 50.7 Å². The Morgan fingerprint density at radius 2 is 1.55 bits per heavy atom. The van der Waals surface area contributed by atoms with E-state index in [1.54, 1.807) is 4.90 Å².